The van der Waals surface area contributed by atoms with Gasteiger partial charge in [0, 0.05) is 10.5 Å². The standard InChI is InChI=1S/C12H14BrFN2OS/c1-7(2)16(6-11(15)18)12(17)9-4-3-8(14)5-10(9)13/h3-5,7H,6H2,1-2H3,(H2,15,18). The first kappa shape index (κ1) is 15.0. The number of nitrogens with zero attached hydrogens (tertiary/aromatic N) is 1. The number of carbonyl (C=O) groups is 1. The Labute approximate surface area is 119 Å². The third kappa shape index (κ3) is 3.74. The van der Waals surface area contributed by atoms with Gasteiger partial charge in [-0.05, 0) is 48.0 Å². The van der Waals surface area contributed by atoms with E-state index in [1.54, 1.807) is 4.90 Å². The maximum Gasteiger partial charge on any atom is 0.255 e. The summed E-state index contributed by atoms with van der Waals surface area (Å²) in [6, 6.07) is 3.90. The van der Waals surface area contributed by atoms with Gasteiger partial charge in [0.15, 0.2) is 0 Å². The summed E-state index contributed by atoms with van der Waals surface area (Å²) in [6.07, 6.45) is 0. The molecular formula is C12H14BrFN2OS. The Morgan fingerprint density at radius 2 is 2.17 bits per heavy atom. The first-order chi connectivity index (χ1) is 8.32. The van der Waals surface area contributed by atoms with Gasteiger partial charge in [-0.15, -0.1) is 0 Å². The number of thiocarbonyl (C=S) groups is 1. The Bertz CT molecular complexity index is 479. The van der Waals surface area contributed by atoms with Crippen molar-refractivity contribution in [2.45, 2.75) is 19.9 Å². The van der Waals surface area contributed by atoms with Crippen LogP contribution in [0.5, 0.6) is 0 Å². The lowest BCUT2D eigenvalue weighted by atomic mass is 10.1. The quantitative estimate of drug-likeness (QED) is 0.862. The molecule has 98 valence electrons. The summed E-state index contributed by atoms with van der Waals surface area (Å²) in [5.74, 6) is -0.631. The normalized spacial score (nSPS) is 10.5. The molecule has 0 unspecified atom stereocenters. The summed E-state index contributed by atoms with van der Waals surface area (Å²) < 4.78 is 13.4. The van der Waals surface area contributed by atoms with E-state index in [-0.39, 0.29) is 23.5 Å². The number of amides is 1. The average molecular weight is 333 g/mol. The van der Waals surface area contributed by atoms with Crippen molar-refractivity contribution in [3.8, 4) is 0 Å². The highest BCUT2D eigenvalue weighted by atomic mass is 79.9. The molecular weight excluding hydrogens is 319 g/mol. The van der Waals surface area contributed by atoms with E-state index in [4.69, 9.17) is 18.0 Å². The van der Waals surface area contributed by atoms with Crippen LogP contribution in [0.15, 0.2) is 22.7 Å². The molecule has 0 aliphatic heterocycles. The zero-order valence-corrected chi connectivity index (χ0v) is 12.5. The third-order valence-corrected chi connectivity index (χ3v) is 3.16. The molecule has 0 saturated heterocycles. The third-order valence-electron chi connectivity index (χ3n) is 2.37. The van der Waals surface area contributed by atoms with Crippen LogP contribution >= 0.6 is 28.1 Å². The first-order valence-corrected chi connectivity index (χ1v) is 6.57. The molecule has 0 fully saturated rings. The Morgan fingerprint density at radius 3 is 2.61 bits per heavy atom. The highest BCUT2D eigenvalue weighted by Crippen LogP contribution is 2.20. The van der Waals surface area contributed by atoms with E-state index in [0.717, 1.165) is 0 Å². The Balaban J connectivity index is 3.05. The van der Waals surface area contributed by atoms with Crippen molar-refractivity contribution in [1.82, 2.24) is 4.90 Å². The van der Waals surface area contributed by atoms with Gasteiger partial charge < -0.3 is 10.6 Å². The van der Waals surface area contributed by atoms with Crippen molar-refractivity contribution < 1.29 is 9.18 Å². The van der Waals surface area contributed by atoms with Crippen LogP contribution in [0.25, 0.3) is 0 Å². The average Bonchev–Trinajstić information content (AvgIpc) is 2.24. The van der Waals surface area contributed by atoms with Gasteiger partial charge in [0.2, 0.25) is 0 Å². The van der Waals surface area contributed by atoms with Crippen LogP contribution in [0.3, 0.4) is 0 Å². The molecule has 0 aliphatic carbocycles. The van der Waals surface area contributed by atoms with Gasteiger partial charge in [0.1, 0.15) is 5.82 Å². The molecule has 18 heavy (non-hydrogen) atoms. The lowest BCUT2D eigenvalue weighted by Gasteiger charge is -2.26. The van der Waals surface area contributed by atoms with E-state index < -0.39 is 5.82 Å². The zero-order valence-electron chi connectivity index (χ0n) is 10.1. The van der Waals surface area contributed by atoms with Crippen molar-refractivity contribution >= 4 is 39.0 Å². The molecule has 0 atom stereocenters. The van der Waals surface area contributed by atoms with Gasteiger partial charge >= 0.3 is 0 Å². The minimum absolute atomic E-state index is 0.0454. The number of rotatable bonds is 4. The Morgan fingerprint density at radius 1 is 1.56 bits per heavy atom. The largest absolute Gasteiger partial charge is 0.392 e. The molecule has 0 aromatic heterocycles. The summed E-state index contributed by atoms with van der Waals surface area (Å²) in [6.45, 7) is 3.94. The van der Waals surface area contributed by atoms with Crippen molar-refractivity contribution in [1.29, 1.82) is 0 Å². The highest BCUT2D eigenvalue weighted by molar-refractivity contribution is 9.10. The van der Waals surface area contributed by atoms with E-state index in [9.17, 15) is 9.18 Å². The molecule has 0 heterocycles. The second-order valence-corrected chi connectivity index (χ2v) is 5.50. The fourth-order valence-corrected chi connectivity index (χ4v) is 2.13. The summed E-state index contributed by atoms with van der Waals surface area (Å²) in [5, 5.41) is 0. The molecule has 1 aromatic rings. The smallest absolute Gasteiger partial charge is 0.255 e. The van der Waals surface area contributed by atoms with Crippen LogP contribution < -0.4 is 5.73 Å². The van der Waals surface area contributed by atoms with Crippen molar-refractivity contribution in [2.75, 3.05) is 6.54 Å². The predicted molar refractivity (Wildman–Crippen MR) is 77.1 cm³/mol. The summed E-state index contributed by atoms with van der Waals surface area (Å²) in [5.41, 5.74) is 5.87. The number of hydrogen-bond donors (Lipinski definition) is 1. The van der Waals surface area contributed by atoms with E-state index >= 15 is 0 Å². The molecule has 1 rings (SSSR count). The topological polar surface area (TPSA) is 46.3 Å². The lowest BCUT2D eigenvalue weighted by molar-refractivity contribution is 0.0735. The molecule has 0 spiro atoms. The van der Waals surface area contributed by atoms with E-state index in [1.165, 1.54) is 18.2 Å². The molecule has 1 aromatic carbocycles. The lowest BCUT2D eigenvalue weighted by Crippen LogP contribution is -2.42. The molecule has 0 radical (unpaired) electrons. The van der Waals surface area contributed by atoms with Gasteiger partial charge in [-0.1, -0.05) is 12.2 Å². The summed E-state index contributed by atoms with van der Waals surface area (Å²) in [4.78, 5) is 14.1. The highest BCUT2D eigenvalue weighted by Gasteiger charge is 2.21. The Kier molecular flexibility index (Phi) is 5.22. The van der Waals surface area contributed by atoms with Crippen molar-refractivity contribution in [3.63, 3.8) is 0 Å². The minimum Gasteiger partial charge on any atom is -0.392 e. The van der Waals surface area contributed by atoms with E-state index in [1.807, 2.05) is 13.8 Å². The summed E-state index contributed by atoms with van der Waals surface area (Å²) >= 11 is 8.01. The van der Waals surface area contributed by atoms with Crippen LogP contribution in [0, 0.1) is 5.82 Å². The van der Waals surface area contributed by atoms with Gasteiger partial charge in [-0.2, -0.15) is 0 Å². The van der Waals surface area contributed by atoms with Gasteiger partial charge in [0.25, 0.3) is 5.91 Å². The van der Waals surface area contributed by atoms with E-state index in [0.29, 0.717) is 10.0 Å². The van der Waals surface area contributed by atoms with Gasteiger partial charge in [-0.3, -0.25) is 4.79 Å². The number of hydrogen-bond acceptors (Lipinski definition) is 2. The number of halogens is 2. The second-order valence-electron chi connectivity index (χ2n) is 4.12. The van der Waals surface area contributed by atoms with Crippen LogP contribution in [0.4, 0.5) is 4.39 Å². The predicted octanol–water partition coefficient (Wildman–Crippen LogP) is 2.72. The zero-order chi connectivity index (χ0) is 13.9. The molecule has 6 heteroatoms. The Hall–Kier alpha value is -1.01. The number of carbonyl (C=O) groups excluding carboxylic acids is 1. The molecule has 0 bridgehead atoms. The molecule has 0 aliphatic rings. The van der Waals surface area contributed by atoms with Crippen LogP contribution in [-0.2, 0) is 0 Å². The maximum atomic E-state index is 13.0. The van der Waals surface area contributed by atoms with Gasteiger partial charge in [0.05, 0.1) is 17.1 Å². The SMILES string of the molecule is CC(C)N(CC(N)=S)C(=O)c1ccc(F)cc1Br. The fraction of sp³-hybridized carbons (Fsp3) is 0.333. The van der Waals surface area contributed by atoms with Crippen molar-refractivity contribution in [2.24, 2.45) is 5.73 Å². The minimum atomic E-state index is -0.399. The number of benzene rings is 1. The second kappa shape index (κ2) is 6.24. The maximum absolute atomic E-state index is 13.0. The van der Waals surface area contributed by atoms with Crippen LogP contribution in [-0.4, -0.2) is 28.4 Å². The molecule has 1 amide bonds. The number of nitrogens with two attached hydrogens (primary N) is 1. The van der Waals surface area contributed by atoms with Crippen LogP contribution in [0.1, 0.15) is 24.2 Å². The first-order valence-electron chi connectivity index (χ1n) is 5.37. The molecule has 0 saturated carbocycles. The summed E-state index contributed by atoms with van der Waals surface area (Å²) in [7, 11) is 0. The molecule has 3 nitrogen and oxygen atoms in total. The van der Waals surface area contributed by atoms with E-state index in [2.05, 4.69) is 15.9 Å². The monoisotopic (exact) mass is 332 g/mol. The fourth-order valence-electron chi connectivity index (χ4n) is 1.47. The molecule has 2 N–H and O–H groups in total. The van der Waals surface area contributed by atoms with Gasteiger partial charge in [-0.25, -0.2) is 4.39 Å². The van der Waals surface area contributed by atoms with Crippen molar-refractivity contribution in [3.05, 3.63) is 34.1 Å². The van der Waals surface area contributed by atoms with Crippen LogP contribution in [0.2, 0.25) is 0 Å².